The van der Waals surface area contributed by atoms with E-state index in [2.05, 4.69) is 25.5 Å². The molecule has 3 aromatic rings. The number of carbonyl (C=O) groups is 1. The minimum atomic E-state index is -0.199. The van der Waals surface area contributed by atoms with Crippen LogP contribution in [0.5, 0.6) is 0 Å². The van der Waals surface area contributed by atoms with Gasteiger partial charge in [0.1, 0.15) is 5.69 Å². The van der Waals surface area contributed by atoms with Gasteiger partial charge in [-0.05, 0) is 12.5 Å². The molecule has 0 radical (unpaired) electrons. The summed E-state index contributed by atoms with van der Waals surface area (Å²) in [6.45, 7) is 1.97. The number of aromatic nitrogens is 4. The number of benzene rings is 1. The van der Waals surface area contributed by atoms with Crippen molar-refractivity contribution in [2.45, 2.75) is 6.92 Å². The van der Waals surface area contributed by atoms with E-state index in [4.69, 9.17) is 0 Å². The average molecular weight is 322 g/mol. The molecule has 0 aliphatic carbocycles. The standard InChI is InChI=1S/C17H18N6O/c1-11-15(12-7-5-4-6-8-12)21-22-16(11)20-14-10-18-9-13(19-14)17(24)23(2)3/h4-10H,1-3H3,(H2,19,20,21,22). The van der Waals surface area contributed by atoms with Crippen LogP contribution in [-0.2, 0) is 0 Å². The second-order valence-electron chi connectivity index (χ2n) is 5.55. The van der Waals surface area contributed by atoms with Crippen molar-refractivity contribution in [1.82, 2.24) is 25.1 Å². The van der Waals surface area contributed by atoms with Crippen molar-refractivity contribution in [2.24, 2.45) is 0 Å². The normalized spacial score (nSPS) is 10.5. The Morgan fingerprint density at radius 2 is 1.92 bits per heavy atom. The van der Waals surface area contributed by atoms with E-state index in [1.807, 2.05) is 37.3 Å². The zero-order chi connectivity index (χ0) is 17.1. The van der Waals surface area contributed by atoms with Gasteiger partial charge in [0.25, 0.3) is 5.91 Å². The molecule has 0 saturated heterocycles. The fourth-order valence-corrected chi connectivity index (χ4v) is 2.29. The minimum Gasteiger partial charge on any atom is -0.343 e. The van der Waals surface area contributed by atoms with Gasteiger partial charge in [0.15, 0.2) is 11.6 Å². The molecule has 0 bridgehead atoms. The van der Waals surface area contributed by atoms with Crippen molar-refractivity contribution in [3.63, 3.8) is 0 Å². The van der Waals surface area contributed by atoms with Gasteiger partial charge in [0.2, 0.25) is 0 Å². The van der Waals surface area contributed by atoms with Crippen LogP contribution in [0.15, 0.2) is 42.7 Å². The second kappa shape index (κ2) is 6.49. The first-order valence-electron chi connectivity index (χ1n) is 7.47. The molecule has 2 N–H and O–H groups in total. The van der Waals surface area contributed by atoms with E-state index in [1.54, 1.807) is 20.3 Å². The van der Waals surface area contributed by atoms with Crippen molar-refractivity contribution in [2.75, 3.05) is 19.4 Å². The summed E-state index contributed by atoms with van der Waals surface area (Å²) in [5.74, 6) is 0.921. The molecule has 0 aliphatic rings. The monoisotopic (exact) mass is 322 g/mol. The van der Waals surface area contributed by atoms with E-state index in [9.17, 15) is 4.79 Å². The van der Waals surface area contributed by atoms with E-state index in [0.717, 1.165) is 16.8 Å². The van der Waals surface area contributed by atoms with Crippen LogP contribution >= 0.6 is 0 Å². The molecule has 1 amide bonds. The Labute approximate surface area is 139 Å². The Kier molecular flexibility index (Phi) is 4.24. The summed E-state index contributed by atoms with van der Waals surface area (Å²) in [7, 11) is 3.35. The van der Waals surface area contributed by atoms with Crippen LogP contribution in [0, 0.1) is 6.92 Å². The first kappa shape index (κ1) is 15.7. The Bertz CT molecular complexity index is 857. The van der Waals surface area contributed by atoms with Gasteiger partial charge in [-0.3, -0.25) is 14.9 Å². The minimum absolute atomic E-state index is 0.199. The zero-order valence-corrected chi connectivity index (χ0v) is 13.7. The maximum atomic E-state index is 12.0. The predicted octanol–water partition coefficient (Wildman–Crippen LogP) is 2.62. The summed E-state index contributed by atoms with van der Waals surface area (Å²) in [5, 5.41) is 10.4. The lowest BCUT2D eigenvalue weighted by molar-refractivity contribution is 0.0821. The van der Waals surface area contributed by atoms with Crippen LogP contribution in [0.2, 0.25) is 0 Å². The number of anilines is 2. The molecule has 3 rings (SSSR count). The lowest BCUT2D eigenvalue weighted by Crippen LogP contribution is -2.23. The van der Waals surface area contributed by atoms with Crippen LogP contribution in [0.4, 0.5) is 11.6 Å². The third kappa shape index (κ3) is 3.10. The summed E-state index contributed by atoms with van der Waals surface area (Å²) in [5.41, 5.74) is 3.23. The number of hydrogen-bond acceptors (Lipinski definition) is 5. The SMILES string of the molecule is Cc1c(Nc2cncc(C(=O)N(C)C)n2)n[nH]c1-c1ccccc1. The van der Waals surface area contributed by atoms with E-state index >= 15 is 0 Å². The largest absolute Gasteiger partial charge is 0.343 e. The zero-order valence-electron chi connectivity index (χ0n) is 13.7. The number of nitrogens with zero attached hydrogens (tertiary/aromatic N) is 4. The molecule has 0 saturated carbocycles. The van der Waals surface area contributed by atoms with Gasteiger partial charge in [0, 0.05) is 19.7 Å². The number of hydrogen-bond donors (Lipinski definition) is 2. The number of carbonyl (C=O) groups excluding carboxylic acids is 1. The van der Waals surface area contributed by atoms with Gasteiger partial charge >= 0.3 is 0 Å². The smallest absolute Gasteiger partial charge is 0.273 e. The highest BCUT2D eigenvalue weighted by Crippen LogP contribution is 2.27. The third-order valence-electron chi connectivity index (χ3n) is 3.58. The summed E-state index contributed by atoms with van der Waals surface area (Å²) >= 11 is 0. The van der Waals surface area contributed by atoms with E-state index in [-0.39, 0.29) is 11.6 Å². The van der Waals surface area contributed by atoms with Gasteiger partial charge in [0.05, 0.1) is 18.1 Å². The molecular formula is C17H18N6O. The van der Waals surface area contributed by atoms with Crippen LogP contribution in [0.3, 0.4) is 0 Å². The molecule has 1 aromatic carbocycles. The molecule has 0 atom stereocenters. The molecule has 7 heteroatoms. The van der Waals surface area contributed by atoms with Gasteiger partial charge in [-0.15, -0.1) is 0 Å². The molecule has 0 aliphatic heterocycles. The Hall–Kier alpha value is -3.22. The number of H-pyrrole nitrogens is 1. The Morgan fingerprint density at radius 3 is 2.62 bits per heavy atom. The van der Waals surface area contributed by atoms with Crippen LogP contribution in [-0.4, -0.2) is 45.1 Å². The van der Waals surface area contributed by atoms with Crippen molar-refractivity contribution in [1.29, 1.82) is 0 Å². The van der Waals surface area contributed by atoms with E-state index in [0.29, 0.717) is 11.6 Å². The fraction of sp³-hybridized carbons (Fsp3) is 0.176. The molecule has 0 spiro atoms. The van der Waals surface area contributed by atoms with Crippen LogP contribution < -0.4 is 5.32 Å². The summed E-state index contributed by atoms with van der Waals surface area (Å²) in [6.07, 6.45) is 3.00. The Morgan fingerprint density at radius 1 is 1.17 bits per heavy atom. The van der Waals surface area contributed by atoms with Gasteiger partial charge in [-0.1, -0.05) is 30.3 Å². The van der Waals surface area contributed by atoms with Crippen LogP contribution in [0.1, 0.15) is 16.1 Å². The van der Waals surface area contributed by atoms with E-state index < -0.39 is 0 Å². The van der Waals surface area contributed by atoms with Crippen LogP contribution in [0.25, 0.3) is 11.3 Å². The second-order valence-corrected chi connectivity index (χ2v) is 5.55. The van der Waals surface area contributed by atoms with Crippen molar-refractivity contribution < 1.29 is 4.79 Å². The van der Waals surface area contributed by atoms with Gasteiger partial charge < -0.3 is 10.2 Å². The highest BCUT2D eigenvalue weighted by molar-refractivity contribution is 5.92. The first-order valence-corrected chi connectivity index (χ1v) is 7.47. The lowest BCUT2D eigenvalue weighted by Gasteiger charge is -2.10. The van der Waals surface area contributed by atoms with Gasteiger partial charge in [-0.2, -0.15) is 5.10 Å². The predicted molar refractivity (Wildman–Crippen MR) is 92.1 cm³/mol. The molecule has 7 nitrogen and oxygen atoms in total. The molecule has 0 unspecified atom stereocenters. The summed E-state index contributed by atoms with van der Waals surface area (Å²) in [4.78, 5) is 21.8. The third-order valence-corrected chi connectivity index (χ3v) is 3.58. The first-order chi connectivity index (χ1) is 11.6. The van der Waals surface area contributed by atoms with Crippen molar-refractivity contribution in [3.05, 3.63) is 54.0 Å². The lowest BCUT2D eigenvalue weighted by atomic mass is 10.1. The number of amides is 1. The quantitative estimate of drug-likeness (QED) is 0.771. The maximum Gasteiger partial charge on any atom is 0.273 e. The summed E-state index contributed by atoms with van der Waals surface area (Å²) in [6, 6.07) is 9.95. The number of nitrogens with one attached hydrogen (secondary N) is 2. The highest BCUT2D eigenvalue weighted by atomic mass is 16.2. The molecule has 24 heavy (non-hydrogen) atoms. The summed E-state index contributed by atoms with van der Waals surface area (Å²) < 4.78 is 0. The highest BCUT2D eigenvalue weighted by Gasteiger charge is 2.14. The fourth-order valence-electron chi connectivity index (χ4n) is 2.29. The molecule has 2 heterocycles. The van der Waals surface area contributed by atoms with Crippen molar-refractivity contribution in [3.8, 4) is 11.3 Å². The Balaban J connectivity index is 1.86. The van der Waals surface area contributed by atoms with Crippen molar-refractivity contribution >= 4 is 17.5 Å². The molecule has 2 aromatic heterocycles. The molecule has 122 valence electrons. The number of rotatable bonds is 4. The average Bonchev–Trinajstić information content (AvgIpc) is 2.96. The topological polar surface area (TPSA) is 86.8 Å². The van der Waals surface area contributed by atoms with E-state index in [1.165, 1.54) is 11.1 Å². The number of aromatic amines is 1. The maximum absolute atomic E-state index is 12.0. The molecule has 0 fully saturated rings. The van der Waals surface area contributed by atoms with Gasteiger partial charge in [-0.25, -0.2) is 4.98 Å². The molecular weight excluding hydrogens is 304 g/mol.